The van der Waals surface area contributed by atoms with Crippen LogP contribution in [0.2, 0.25) is 0 Å². The fourth-order valence-electron chi connectivity index (χ4n) is 0.824. The van der Waals surface area contributed by atoms with Crippen molar-refractivity contribution in [3.63, 3.8) is 0 Å². The van der Waals surface area contributed by atoms with Crippen molar-refractivity contribution in [1.82, 2.24) is 25.2 Å². The molecule has 2 rings (SSSR count). The van der Waals surface area contributed by atoms with E-state index in [1.807, 2.05) is 12.1 Å². The highest BCUT2D eigenvalue weighted by molar-refractivity contribution is 9.10. The molecular formula is C7H6BrN5S. The first-order chi connectivity index (χ1) is 6.75. The molecule has 0 saturated heterocycles. The van der Waals surface area contributed by atoms with Crippen LogP contribution in [0.15, 0.2) is 33.0 Å². The molecule has 0 aliphatic heterocycles. The summed E-state index contributed by atoms with van der Waals surface area (Å²) in [5, 5.41) is 12.7. The lowest BCUT2D eigenvalue weighted by molar-refractivity contribution is 0.664. The SMILES string of the molecule is Cn1nnnc1Sc1ccc(Br)cn1. The molecule has 5 nitrogen and oxygen atoms in total. The van der Waals surface area contributed by atoms with Crippen molar-refractivity contribution in [3.8, 4) is 0 Å². The van der Waals surface area contributed by atoms with Crippen LogP contribution < -0.4 is 0 Å². The monoisotopic (exact) mass is 271 g/mol. The second-order valence-corrected chi connectivity index (χ2v) is 4.41. The van der Waals surface area contributed by atoms with Crippen LogP contribution in [-0.2, 0) is 7.05 Å². The molecule has 0 aliphatic carbocycles. The van der Waals surface area contributed by atoms with Crippen LogP contribution in [0, 0.1) is 0 Å². The van der Waals surface area contributed by atoms with E-state index in [0.29, 0.717) is 0 Å². The molecule has 0 bridgehead atoms. The van der Waals surface area contributed by atoms with Gasteiger partial charge in [-0.05, 0) is 50.3 Å². The van der Waals surface area contributed by atoms with Gasteiger partial charge in [0.15, 0.2) is 0 Å². The van der Waals surface area contributed by atoms with E-state index < -0.39 is 0 Å². The van der Waals surface area contributed by atoms with E-state index in [1.165, 1.54) is 11.8 Å². The molecule has 0 N–H and O–H groups in total. The van der Waals surface area contributed by atoms with Crippen molar-refractivity contribution in [2.75, 3.05) is 0 Å². The summed E-state index contributed by atoms with van der Waals surface area (Å²) in [6.45, 7) is 0. The summed E-state index contributed by atoms with van der Waals surface area (Å²) in [7, 11) is 1.79. The van der Waals surface area contributed by atoms with Crippen molar-refractivity contribution in [3.05, 3.63) is 22.8 Å². The minimum Gasteiger partial charge on any atom is -0.248 e. The predicted molar refractivity (Wildman–Crippen MR) is 54.9 cm³/mol. The summed E-state index contributed by atoms with van der Waals surface area (Å²) in [4.78, 5) is 4.20. The number of halogens is 1. The Balaban J connectivity index is 2.19. The smallest absolute Gasteiger partial charge is 0.215 e. The Morgan fingerprint density at radius 3 is 2.86 bits per heavy atom. The van der Waals surface area contributed by atoms with Gasteiger partial charge in [-0.2, -0.15) is 0 Å². The maximum atomic E-state index is 4.20. The number of hydrogen-bond acceptors (Lipinski definition) is 5. The van der Waals surface area contributed by atoms with E-state index >= 15 is 0 Å². The van der Waals surface area contributed by atoms with E-state index in [9.17, 15) is 0 Å². The second kappa shape index (κ2) is 4.05. The summed E-state index contributed by atoms with van der Waals surface area (Å²) in [6.07, 6.45) is 1.74. The van der Waals surface area contributed by atoms with Crippen molar-refractivity contribution in [2.45, 2.75) is 10.2 Å². The maximum absolute atomic E-state index is 4.20. The number of hydrogen-bond donors (Lipinski definition) is 0. The molecule has 0 aliphatic rings. The van der Waals surface area contributed by atoms with E-state index in [-0.39, 0.29) is 0 Å². The zero-order valence-corrected chi connectivity index (χ0v) is 9.66. The summed E-state index contributed by atoms with van der Waals surface area (Å²) in [6, 6.07) is 3.84. The molecule has 0 unspecified atom stereocenters. The van der Waals surface area contributed by atoms with Gasteiger partial charge in [-0.3, -0.25) is 0 Å². The molecule has 0 amide bonds. The Hall–Kier alpha value is -0.950. The largest absolute Gasteiger partial charge is 0.248 e. The lowest BCUT2D eigenvalue weighted by atomic mass is 10.5. The second-order valence-electron chi connectivity index (χ2n) is 2.50. The molecule has 0 radical (unpaired) electrons. The predicted octanol–water partition coefficient (Wildman–Crippen LogP) is 1.52. The van der Waals surface area contributed by atoms with Gasteiger partial charge in [0.1, 0.15) is 5.03 Å². The fraction of sp³-hybridized carbons (Fsp3) is 0.143. The van der Waals surface area contributed by atoms with Gasteiger partial charge in [0.25, 0.3) is 0 Å². The number of aromatic nitrogens is 5. The molecule has 7 heteroatoms. The summed E-state index contributed by atoms with van der Waals surface area (Å²) >= 11 is 4.75. The quantitative estimate of drug-likeness (QED) is 0.829. The van der Waals surface area contributed by atoms with Gasteiger partial charge in [-0.25, -0.2) is 9.67 Å². The van der Waals surface area contributed by atoms with Gasteiger partial charge < -0.3 is 0 Å². The molecule has 72 valence electrons. The Labute approximate surface area is 93.0 Å². The molecule has 0 spiro atoms. The van der Waals surface area contributed by atoms with Crippen molar-refractivity contribution in [1.29, 1.82) is 0 Å². The van der Waals surface area contributed by atoms with Crippen LogP contribution in [0.4, 0.5) is 0 Å². The topological polar surface area (TPSA) is 56.5 Å². The molecule has 2 aromatic rings. The van der Waals surface area contributed by atoms with Gasteiger partial charge in [0.05, 0.1) is 0 Å². The fourth-order valence-corrected chi connectivity index (χ4v) is 1.73. The van der Waals surface area contributed by atoms with Crippen LogP contribution in [0.25, 0.3) is 0 Å². The third kappa shape index (κ3) is 2.10. The Morgan fingerprint density at radius 1 is 1.43 bits per heavy atom. The maximum Gasteiger partial charge on any atom is 0.215 e. The third-order valence-corrected chi connectivity index (χ3v) is 2.93. The van der Waals surface area contributed by atoms with Gasteiger partial charge in [-0.15, -0.1) is 5.10 Å². The van der Waals surface area contributed by atoms with Crippen molar-refractivity contribution >= 4 is 27.7 Å². The average molecular weight is 272 g/mol. The Kier molecular flexibility index (Phi) is 2.78. The molecule has 2 heterocycles. The lowest BCUT2D eigenvalue weighted by Gasteiger charge is -1.97. The van der Waals surface area contributed by atoms with Crippen LogP contribution in [-0.4, -0.2) is 25.2 Å². The minimum atomic E-state index is 0.722. The van der Waals surface area contributed by atoms with E-state index in [4.69, 9.17) is 0 Å². The van der Waals surface area contributed by atoms with E-state index in [1.54, 1.807) is 17.9 Å². The number of pyridine rings is 1. The molecule has 0 atom stereocenters. The summed E-state index contributed by atoms with van der Waals surface area (Å²) in [5.74, 6) is 0. The molecule has 0 aromatic carbocycles. The summed E-state index contributed by atoms with van der Waals surface area (Å²) < 4.78 is 2.56. The number of tetrazole rings is 1. The first kappa shape index (κ1) is 9.60. The average Bonchev–Trinajstić information content (AvgIpc) is 2.56. The van der Waals surface area contributed by atoms with Gasteiger partial charge in [-0.1, -0.05) is 0 Å². The van der Waals surface area contributed by atoms with Crippen molar-refractivity contribution in [2.24, 2.45) is 7.05 Å². The number of aryl methyl sites for hydroxylation is 1. The standard InChI is InChI=1S/C7H6BrN5S/c1-13-7(10-11-12-13)14-6-3-2-5(8)4-9-6/h2-4H,1H3. The first-order valence-electron chi connectivity index (χ1n) is 3.77. The Bertz CT molecular complexity index is 426. The zero-order chi connectivity index (χ0) is 9.97. The highest BCUT2D eigenvalue weighted by atomic mass is 79.9. The van der Waals surface area contributed by atoms with Crippen molar-refractivity contribution < 1.29 is 0 Å². The normalized spacial score (nSPS) is 10.4. The highest BCUT2D eigenvalue weighted by Gasteiger charge is 2.04. The van der Waals surface area contributed by atoms with Gasteiger partial charge >= 0.3 is 0 Å². The molecule has 14 heavy (non-hydrogen) atoms. The lowest BCUT2D eigenvalue weighted by Crippen LogP contribution is -1.93. The van der Waals surface area contributed by atoms with E-state index in [2.05, 4.69) is 36.4 Å². The van der Waals surface area contributed by atoms with Crippen LogP contribution in [0.3, 0.4) is 0 Å². The van der Waals surface area contributed by atoms with Crippen LogP contribution in [0.5, 0.6) is 0 Å². The highest BCUT2D eigenvalue weighted by Crippen LogP contribution is 2.23. The molecule has 2 aromatic heterocycles. The zero-order valence-electron chi connectivity index (χ0n) is 7.25. The number of nitrogens with zero attached hydrogens (tertiary/aromatic N) is 5. The third-order valence-electron chi connectivity index (χ3n) is 1.48. The molecular weight excluding hydrogens is 266 g/mol. The summed E-state index contributed by atoms with van der Waals surface area (Å²) in [5.41, 5.74) is 0. The molecule has 0 fully saturated rings. The minimum absolute atomic E-state index is 0.722. The van der Waals surface area contributed by atoms with Gasteiger partial charge in [0, 0.05) is 17.7 Å². The van der Waals surface area contributed by atoms with Gasteiger partial charge in [0.2, 0.25) is 5.16 Å². The Morgan fingerprint density at radius 2 is 2.29 bits per heavy atom. The van der Waals surface area contributed by atoms with Crippen LogP contribution >= 0.6 is 27.7 Å². The first-order valence-corrected chi connectivity index (χ1v) is 5.38. The van der Waals surface area contributed by atoms with Crippen LogP contribution in [0.1, 0.15) is 0 Å². The number of rotatable bonds is 2. The van der Waals surface area contributed by atoms with E-state index in [0.717, 1.165) is 14.7 Å². The molecule has 0 saturated carbocycles.